The SMILES string of the molecule is CC(c1conc1CC(F)(F)F)[n+]1cc(N)c(F)[nH]1. The Morgan fingerprint density at radius 3 is 2.74 bits per heavy atom. The zero-order chi connectivity index (χ0) is 14.2. The zero-order valence-corrected chi connectivity index (χ0v) is 9.83. The first-order valence-electron chi connectivity index (χ1n) is 5.33. The van der Waals surface area contributed by atoms with Gasteiger partial charge in [0.05, 0.1) is 12.0 Å². The summed E-state index contributed by atoms with van der Waals surface area (Å²) in [6, 6.07) is -0.615. The molecule has 1 unspecified atom stereocenters. The van der Waals surface area contributed by atoms with E-state index in [1.807, 2.05) is 0 Å². The fourth-order valence-corrected chi connectivity index (χ4v) is 1.71. The number of aromatic nitrogens is 3. The summed E-state index contributed by atoms with van der Waals surface area (Å²) in [6.07, 6.45) is -3.24. The van der Waals surface area contributed by atoms with Crippen molar-refractivity contribution in [2.45, 2.75) is 25.6 Å². The summed E-state index contributed by atoms with van der Waals surface area (Å²) in [5, 5.41) is 5.63. The predicted octanol–water partition coefficient (Wildman–Crippen LogP) is 1.73. The number of nitrogen functional groups attached to an aromatic ring is 1. The van der Waals surface area contributed by atoms with E-state index in [1.54, 1.807) is 6.92 Å². The molecular weight excluding hydrogens is 268 g/mol. The van der Waals surface area contributed by atoms with Crippen molar-refractivity contribution in [2.75, 3.05) is 5.73 Å². The van der Waals surface area contributed by atoms with E-state index in [-0.39, 0.29) is 16.9 Å². The molecule has 0 amide bonds. The molecule has 0 saturated carbocycles. The molecule has 3 N–H and O–H groups in total. The minimum absolute atomic E-state index is 0.124. The van der Waals surface area contributed by atoms with Crippen LogP contribution in [0.1, 0.15) is 24.2 Å². The Kier molecular flexibility index (Phi) is 3.21. The minimum atomic E-state index is -4.39. The van der Waals surface area contributed by atoms with E-state index in [1.165, 1.54) is 10.9 Å². The molecule has 5 nitrogen and oxygen atoms in total. The van der Waals surface area contributed by atoms with Gasteiger partial charge in [0.2, 0.25) is 12.2 Å². The maximum Gasteiger partial charge on any atom is 0.394 e. The summed E-state index contributed by atoms with van der Waals surface area (Å²) in [6.45, 7) is 1.57. The fourth-order valence-electron chi connectivity index (χ4n) is 1.71. The first-order chi connectivity index (χ1) is 8.78. The lowest BCUT2D eigenvalue weighted by molar-refractivity contribution is -0.763. The van der Waals surface area contributed by atoms with Gasteiger partial charge in [0, 0.05) is 6.92 Å². The second kappa shape index (κ2) is 4.56. The molecule has 0 spiro atoms. The summed E-state index contributed by atoms with van der Waals surface area (Å²) in [7, 11) is 0. The molecule has 0 aliphatic rings. The zero-order valence-electron chi connectivity index (χ0n) is 9.83. The van der Waals surface area contributed by atoms with Gasteiger partial charge in [0.1, 0.15) is 12.0 Å². The molecule has 2 aromatic rings. The van der Waals surface area contributed by atoms with Crippen LogP contribution in [0.4, 0.5) is 23.2 Å². The standard InChI is InChI=1S/C10H10F4N4O/c1-5(18-3-7(15)9(11)16-18)6-4-19-17-8(6)2-10(12,13)14/h3-5H,2,15H2,1H3/p+1. The van der Waals surface area contributed by atoms with Crippen LogP contribution in [0.3, 0.4) is 0 Å². The molecule has 2 rings (SSSR count). The first kappa shape index (κ1) is 13.4. The highest BCUT2D eigenvalue weighted by Gasteiger charge is 2.34. The monoisotopic (exact) mass is 279 g/mol. The van der Waals surface area contributed by atoms with Crippen LogP contribution >= 0.6 is 0 Å². The number of nitrogens with two attached hydrogens (primary N) is 1. The highest BCUT2D eigenvalue weighted by Crippen LogP contribution is 2.25. The van der Waals surface area contributed by atoms with Crippen molar-refractivity contribution in [1.29, 1.82) is 0 Å². The van der Waals surface area contributed by atoms with Gasteiger partial charge in [0.15, 0.2) is 5.69 Å². The summed E-state index contributed by atoms with van der Waals surface area (Å²) in [5.41, 5.74) is 5.18. The van der Waals surface area contributed by atoms with Gasteiger partial charge < -0.3 is 10.3 Å². The van der Waals surface area contributed by atoms with Crippen molar-refractivity contribution in [3.8, 4) is 0 Å². The lowest BCUT2D eigenvalue weighted by Crippen LogP contribution is -2.40. The maximum absolute atomic E-state index is 13.1. The highest BCUT2D eigenvalue weighted by atomic mass is 19.4. The molecule has 1 atom stereocenters. The van der Waals surface area contributed by atoms with Gasteiger partial charge in [0.25, 0.3) is 5.95 Å². The molecule has 9 heteroatoms. The number of H-pyrrole nitrogens is 1. The fraction of sp³-hybridized carbons (Fsp3) is 0.400. The molecule has 2 heterocycles. The molecule has 0 bridgehead atoms. The van der Waals surface area contributed by atoms with E-state index in [0.717, 1.165) is 6.26 Å². The topological polar surface area (TPSA) is 71.7 Å². The van der Waals surface area contributed by atoms with Crippen LogP contribution in [-0.4, -0.2) is 16.4 Å². The second-order valence-corrected chi connectivity index (χ2v) is 4.10. The Bertz CT molecular complexity index is 555. The minimum Gasteiger partial charge on any atom is -0.390 e. The van der Waals surface area contributed by atoms with Crippen LogP contribution in [0.5, 0.6) is 0 Å². The largest absolute Gasteiger partial charge is 0.394 e. The van der Waals surface area contributed by atoms with Crippen molar-refractivity contribution >= 4 is 5.69 Å². The number of nitrogens with zero attached hydrogens (tertiary/aromatic N) is 2. The molecule has 2 aromatic heterocycles. The van der Waals surface area contributed by atoms with Crippen LogP contribution in [0.15, 0.2) is 17.0 Å². The van der Waals surface area contributed by atoms with E-state index in [9.17, 15) is 17.6 Å². The second-order valence-electron chi connectivity index (χ2n) is 4.10. The van der Waals surface area contributed by atoms with Crippen molar-refractivity contribution in [1.82, 2.24) is 10.3 Å². The van der Waals surface area contributed by atoms with Crippen molar-refractivity contribution in [3.05, 3.63) is 29.7 Å². The van der Waals surface area contributed by atoms with Gasteiger partial charge in [-0.15, -0.1) is 9.78 Å². The molecule has 0 aromatic carbocycles. The van der Waals surface area contributed by atoms with Gasteiger partial charge in [-0.25, -0.2) is 0 Å². The Morgan fingerprint density at radius 1 is 1.53 bits per heavy atom. The lowest BCUT2D eigenvalue weighted by Gasteiger charge is -2.06. The van der Waals surface area contributed by atoms with Gasteiger partial charge in [-0.3, -0.25) is 0 Å². The average Bonchev–Trinajstić information content (AvgIpc) is 2.84. The van der Waals surface area contributed by atoms with E-state index >= 15 is 0 Å². The number of halogens is 4. The van der Waals surface area contributed by atoms with Gasteiger partial charge in [-0.05, 0) is 0 Å². The van der Waals surface area contributed by atoms with Crippen LogP contribution in [0.25, 0.3) is 0 Å². The third-order valence-corrected chi connectivity index (χ3v) is 2.67. The molecule has 0 fully saturated rings. The summed E-state index contributed by atoms with van der Waals surface area (Å²) >= 11 is 0. The summed E-state index contributed by atoms with van der Waals surface area (Å²) < 4.78 is 56.0. The average molecular weight is 279 g/mol. The van der Waals surface area contributed by atoms with E-state index in [2.05, 4.69) is 14.8 Å². The molecular formula is C10H11F4N4O+. The maximum atomic E-state index is 13.1. The van der Waals surface area contributed by atoms with Crippen LogP contribution in [-0.2, 0) is 6.42 Å². The smallest absolute Gasteiger partial charge is 0.390 e. The Hall–Kier alpha value is -2.06. The van der Waals surface area contributed by atoms with Gasteiger partial charge in [-0.1, -0.05) is 5.16 Å². The van der Waals surface area contributed by atoms with Crippen LogP contribution in [0.2, 0.25) is 0 Å². The molecule has 0 saturated heterocycles. The van der Waals surface area contributed by atoms with Crippen molar-refractivity contribution in [3.63, 3.8) is 0 Å². The van der Waals surface area contributed by atoms with Crippen molar-refractivity contribution < 1.29 is 26.8 Å². The first-order valence-corrected chi connectivity index (χ1v) is 5.33. The number of rotatable bonds is 3. The third-order valence-electron chi connectivity index (χ3n) is 2.67. The predicted molar refractivity (Wildman–Crippen MR) is 55.4 cm³/mol. The Labute approximate surface area is 105 Å². The molecule has 0 aliphatic carbocycles. The normalized spacial score (nSPS) is 13.7. The molecule has 0 aliphatic heterocycles. The number of aromatic amines is 1. The third kappa shape index (κ3) is 2.85. The van der Waals surface area contributed by atoms with E-state index in [0.29, 0.717) is 0 Å². The van der Waals surface area contributed by atoms with Crippen molar-refractivity contribution in [2.24, 2.45) is 0 Å². The number of anilines is 1. The van der Waals surface area contributed by atoms with Crippen LogP contribution in [0, 0.1) is 5.95 Å². The molecule has 104 valence electrons. The van der Waals surface area contributed by atoms with Gasteiger partial charge in [-0.2, -0.15) is 17.6 Å². The highest BCUT2D eigenvalue weighted by molar-refractivity contribution is 5.30. The Morgan fingerprint density at radius 2 is 2.21 bits per heavy atom. The number of hydrogen-bond acceptors (Lipinski definition) is 3. The molecule has 19 heavy (non-hydrogen) atoms. The summed E-state index contributed by atoms with van der Waals surface area (Å²) in [4.78, 5) is 0. The number of nitrogens with one attached hydrogen (secondary N) is 1. The van der Waals surface area contributed by atoms with E-state index in [4.69, 9.17) is 5.73 Å². The number of alkyl halides is 3. The quantitative estimate of drug-likeness (QED) is 0.664. The van der Waals surface area contributed by atoms with Gasteiger partial charge >= 0.3 is 6.18 Å². The summed E-state index contributed by atoms with van der Waals surface area (Å²) in [5.74, 6) is -0.749. The lowest BCUT2D eigenvalue weighted by atomic mass is 10.1. The molecule has 0 radical (unpaired) electrons. The van der Waals surface area contributed by atoms with Crippen LogP contribution < -0.4 is 10.4 Å². The number of hydrogen-bond donors (Lipinski definition) is 2. The van der Waals surface area contributed by atoms with E-state index < -0.39 is 24.6 Å². The Balaban J connectivity index is 2.29.